The molecule has 1 saturated carbocycles. The van der Waals surface area contributed by atoms with E-state index in [0.29, 0.717) is 11.5 Å². The molecule has 0 aromatic heterocycles. The summed E-state index contributed by atoms with van der Waals surface area (Å²) in [6, 6.07) is 5.68. The zero-order valence-electron chi connectivity index (χ0n) is 12.8. The van der Waals surface area contributed by atoms with Crippen LogP contribution < -0.4 is 0 Å². The fraction of sp³-hybridized carbons (Fsp3) is 0.588. The highest BCUT2D eigenvalue weighted by Crippen LogP contribution is 2.30. The molecular formula is C17H24O3. The molecule has 2 rings (SSSR count). The molecule has 1 fully saturated rings. The first kappa shape index (κ1) is 15.0. The Hall–Kier alpha value is -1.35. The van der Waals surface area contributed by atoms with Crippen molar-refractivity contribution in [2.75, 3.05) is 0 Å². The molecule has 3 unspecified atom stereocenters. The molecule has 110 valence electrons. The van der Waals surface area contributed by atoms with Gasteiger partial charge in [-0.3, -0.25) is 4.89 Å². The van der Waals surface area contributed by atoms with Crippen molar-refractivity contribution in [2.45, 2.75) is 53.1 Å². The number of carbonyl (C=O) groups excluding carboxylic acids is 1. The molecule has 0 N–H and O–H groups in total. The van der Waals surface area contributed by atoms with Crippen LogP contribution in [0.5, 0.6) is 0 Å². The minimum absolute atomic E-state index is 0.0286. The Balaban J connectivity index is 1.92. The maximum Gasteiger partial charge on any atom is 0.373 e. The molecule has 0 bridgehead atoms. The van der Waals surface area contributed by atoms with Gasteiger partial charge in [0.1, 0.15) is 6.10 Å². The standard InChI is InChI=1S/C17H24O3/c1-11-5-7-15(13(3)9-11)17(18)20-19-16-8-6-12(2)10-14(16)4/h5,7,9,12,14,16H,6,8,10H2,1-4H3. The molecule has 0 aliphatic heterocycles. The highest BCUT2D eigenvalue weighted by Gasteiger charge is 2.28. The number of aryl methyl sites for hydroxylation is 2. The van der Waals surface area contributed by atoms with E-state index in [4.69, 9.17) is 9.78 Å². The van der Waals surface area contributed by atoms with Gasteiger partial charge in [0, 0.05) is 0 Å². The molecule has 1 aliphatic carbocycles. The fourth-order valence-corrected chi connectivity index (χ4v) is 2.97. The molecular weight excluding hydrogens is 252 g/mol. The summed E-state index contributed by atoms with van der Waals surface area (Å²) in [5.74, 6) is 0.777. The van der Waals surface area contributed by atoms with E-state index in [9.17, 15) is 4.79 Å². The molecule has 0 saturated heterocycles. The molecule has 3 nitrogen and oxygen atoms in total. The van der Waals surface area contributed by atoms with Crippen LogP contribution in [0.2, 0.25) is 0 Å². The van der Waals surface area contributed by atoms with E-state index >= 15 is 0 Å². The third kappa shape index (κ3) is 3.60. The molecule has 0 heterocycles. The van der Waals surface area contributed by atoms with E-state index in [1.807, 2.05) is 26.0 Å². The summed E-state index contributed by atoms with van der Waals surface area (Å²) in [6.07, 6.45) is 3.26. The molecule has 0 spiro atoms. The Kier molecular flexibility index (Phi) is 4.81. The molecule has 20 heavy (non-hydrogen) atoms. The third-order valence-corrected chi connectivity index (χ3v) is 4.20. The lowest BCUT2D eigenvalue weighted by Gasteiger charge is -2.30. The smallest absolute Gasteiger partial charge is 0.293 e. The molecule has 1 aromatic rings. The number of benzene rings is 1. The van der Waals surface area contributed by atoms with Gasteiger partial charge < -0.3 is 0 Å². The summed E-state index contributed by atoms with van der Waals surface area (Å²) >= 11 is 0. The highest BCUT2D eigenvalue weighted by atomic mass is 17.2. The summed E-state index contributed by atoms with van der Waals surface area (Å²) < 4.78 is 0. The van der Waals surface area contributed by atoms with Crippen LogP contribution in [-0.2, 0) is 9.78 Å². The predicted octanol–water partition coefficient (Wildman–Crippen LogP) is 4.22. The summed E-state index contributed by atoms with van der Waals surface area (Å²) in [4.78, 5) is 22.5. The maximum absolute atomic E-state index is 12.0. The Morgan fingerprint density at radius 3 is 2.60 bits per heavy atom. The Morgan fingerprint density at radius 2 is 1.95 bits per heavy atom. The van der Waals surface area contributed by atoms with Gasteiger partial charge in [-0.2, -0.15) is 4.89 Å². The van der Waals surface area contributed by atoms with Gasteiger partial charge in [-0.05, 0) is 56.6 Å². The van der Waals surface area contributed by atoms with Crippen LogP contribution in [0.3, 0.4) is 0 Å². The van der Waals surface area contributed by atoms with Gasteiger partial charge in [-0.15, -0.1) is 0 Å². The molecule has 0 amide bonds. The summed E-state index contributed by atoms with van der Waals surface area (Å²) in [5, 5.41) is 0. The summed E-state index contributed by atoms with van der Waals surface area (Å²) in [5.41, 5.74) is 2.63. The minimum atomic E-state index is -0.395. The molecule has 3 atom stereocenters. The van der Waals surface area contributed by atoms with Crippen molar-refractivity contribution in [3.8, 4) is 0 Å². The Bertz CT molecular complexity index is 481. The largest absolute Gasteiger partial charge is 0.373 e. The second kappa shape index (κ2) is 6.40. The Labute approximate surface area is 121 Å². The van der Waals surface area contributed by atoms with Crippen LogP contribution in [0.15, 0.2) is 18.2 Å². The average molecular weight is 276 g/mol. The van der Waals surface area contributed by atoms with Crippen molar-refractivity contribution < 1.29 is 14.6 Å². The van der Waals surface area contributed by atoms with E-state index in [0.717, 1.165) is 36.3 Å². The van der Waals surface area contributed by atoms with Gasteiger partial charge in [-0.25, -0.2) is 4.79 Å². The van der Waals surface area contributed by atoms with Gasteiger partial charge >= 0.3 is 5.97 Å². The molecule has 1 aromatic carbocycles. The molecule has 0 radical (unpaired) electrons. The maximum atomic E-state index is 12.0. The zero-order valence-corrected chi connectivity index (χ0v) is 12.8. The number of rotatable bonds is 3. The van der Waals surface area contributed by atoms with Crippen molar-refractivity contribution >= 4 is 5.97 Å². The molecule has 3 heteroatoms. The van der Waals surface area contributed by atoms with Crippen molar-refractivity contribution in [1.29, 1.82) is 0 Å². The third-order valence-electron chi connectivity index (χ3n) is 4.20. The van der Waals surface area contributed by atoms with E-state index < -0.39 is 5.97 Å². The van der Waals surface area contributed by atoms with Gasteiger partial charge in [0.15, 0.2) is 0 Å². The van der Waals surface area contributed by atoms with Crippen LogP contribution in [0, 0.1) is 25.7 Å². The fourth-order valence-electron chi connectivity index (χ4n) is 2.97. The van der Waals surface area contributed by atoms with E-state index in [1.165, 1.54) is 0 Å². The topological polar surface area (TPSA) is 35.5 Å². The number of carbonyl (C=O) groups is 1. The predicted molar refractivity (Wildman–Crippen MR) is 78.4 cm³/mol. The monoisotopic (exact) mass is 276 g/mol. The van der Waals surface area contributed by atoms with Gasteiger partial charge in [0.25, 0.3) is 0 Å². The number of hydrogen-bond donors (Lipinski definition) is 0. The first-order valence-corrected chi connectivity index (χ1v) is 7.42. The van der Waals surface area contributed by atoms with Crippen LogP contribution in [0.1, 0.15) is 54.6 Å². The molecule has 1 aliphatic rings. The van der Waals surface area contributed by atoms with E-state index in [2.05, 4.69) is 13.8 Å². The zero-order chi connectivity index (χ0) is 14.7. The first-order chi connectivity index (χ1) is 9.47. The normalized spacial score (nSPS) is 26.3. The first-order valence-electron chi connectivity index (χ1n) is 7.42. The van der Waals surface area contributed by atoms with Gasteiger partial charge in [0.05, 0.1) is 5.56 Å². The summed E-state index contributed by atoms with van der Waals surface area (Å²) in [6.45, 7) is 8.33. The van der Waals surface area contributed by atoms with Crippen LogP contribution >= 0.6 is 0 Å². The van der Waals surface area contributed by atoms with Crippen LogP contribution in [-0.4, -0.2) is 12.1 Å². The second-order valence-electron chi connectivity index (χ2n) is 6.22. The average Bonchev–Trinajstić information content (AvgIpc) is 2.37. The second-order valence-corrected chi connectivity index (χ2v) is 6.22. The van der Waals surface area contributed by atoms with Crippen molar-refractivity contribution in [3.05, 3.63) is 34.9 Å². The van der Waals surface area contributed by atoms with Crippen LogP contribution in [0.4, 0.5) is 0 Å². The lowest BCUT2D eigenvalue weighted by atomic mass is 9.81. The van der Waals surface area contributed by atoms with E-state index in [1.54, 1.807) is 6.07 Å². The van der Waals surface area contributed by atoms with Crippen LogP contribution in [0.25, 0.3) is 0 Å². The SMILES string of the molecule is Cc1ccc(C(=O)OOC2CCC(C)CC2C)c(C)c1. The van der Waals surface area contributed by atoms with Crippen molar-refractivity contribution in [2.24, 2.45) is 11.8 Å². The lowest BCUT2D eigenvalue weighted by Crippen LogP contribution is -2.30. The highest BCUT2D eigenvalue weighted by molar-refractivity contribution is 5.90. The van der Waals surface area contributed by atoms with Gasteiger partial charge in [-0.1, -0.05) is 31.5 Å². The quantitative estimate of drug-likeness (QED) is 0.612. The van der Waals surface area contributed by atoms with Crippen molar-refractivity contribution in [1.82, 2.24) is 0 Å². The minimum Gasteiger partial charge on any atom is -0.293 e. The van der Waals surface area contributed by atoms with Gasteiger partial charge in [0.2, 0.25) is 0 Å². The Morgan fingerprint density at radius 1 is 1.20 bits per heavy atom. The summed E-state index contributed by atoms with van der Waals surface area (Å²) in [7, 11) is 0. The van der Waals surface area contributed by atoms with E-state index in [-0.39, 0.29) is 6.10 Å². The lowest BCUT2D eigenvalue weighted by molar-refractivity contribution is -0.290. The van der Waals surface area contributed by atoms with Crippen molar-refractivity contribution in [3.63, 3.8) is 0 Å². The number of hydrogen-bond acceptors (Lipinski definition) is 3.